The summed E-state index contributed by atoms with van der Waals surface area (Å²) in [5.41, 5.74) is 1.99. The summed E-state index contributed by atoms with van der Waals surface area (Å²) in [6.07, 6.45) is 0. The zero-order valence-electron chi connectivity index (χ0n) is 18.1. The molecular formula is C22H23N5O5S. The first-order chi connectivity index (χ1) is 16.0. The second-order valence-electron chi connectivity index (χ2n) is 7.02. The molecule has 0 saturated carbocycles. The second kappa shape index (κ2) is 9.84. The van der Waals surface area contributed by atoms with Crippen molar-refractivity contribution in [2.24, 2.45) is 0 Å². The summed E-state index contributed by atoms with van der Waals surface area (Å²) < 4.78 is 44.8. The van der Waals surface area contributed by atoms with Crippen LogP contribution in [0.15, 0.2) is 60.7 Å². The number of aromatic nitrogens is 4. The van der Waals surface area contributed by atoms with Crippen LogP contribution in [0.4, 0.5) is 0 Å². The van der Waals surface area contributed by atoms with Crippen LogP contribution in [0.5, 0.6) is 17.4 Å². The topological polar surface area (TPSA) is 117 Å². The molecule has 2 aromatic heterocycles. The molecule has 4 aromatic rings. The lowest BCUT2D eigenvalue weighted by molar-refractivity contribution is 0.306. The van der Waals surface area contributed by atoms with Crippen molar-refractivity contribution in [1.29, 1.82) is 0 Å². The molecule has 0 spiro atoms. The maximum Gasteiger partial charge on any atom is 0.231 e. The van der Waals surface area contributed by atoms with Crippen molar-refractivity contribution in [1.82, 2.24) is 24.5 Å². The predicted octanol–water partition coefficient (Wildman–Crippen LogP) is 2.31. The summed E-state index contributed by atoms with van der Waals surface area (Å²) in [7, 11) is -0.344. The van der Waals surface area contributed by atoms with E-state index in [1.165, 1.54) is 0 Å². The van der Waals surface area contributed by atoms with E-state index in [2.05, 4.69) is 20.0 Å². The molecule has 1 N–H and O–H groups in total. The van der Waals surface area contributed by atoms with Gasteiger partial charge in [0, 0.05) is 18.2 Å². The molecule has 172 valence electrons. The summed E-state index contributed by atoms with van der Waals surface area (Å²) in [5, 5.41) is 12.8. The minimum atomic E-state index is -3.47. The van der Waals surface area contributed by atoms with Crippen molar-refractivity contribution in [2.75, 3.05) is 27.4 Å². The number of hydrogen-bond donors (Lipinski definition) is 1. The zero-order valence-corrected chi connectivity index (χ0v) is 18.9. The lowest BCUT2D eigenvalue weighted by Crippen LogP contribution is -2.29. The number of methoxy groups -OCH3 is 2. The lowest BCUT2D eigenvalue weighted by Gasteiger charge is -2.09. The summed E-state index contributed by atoms with van der Waals surface area (Å²) in [4.78, 5) is 0. The highest BCUT2D eigenvalue weighted by atomic mass is 32.2. The van der Waals surface area contributed by atoms with Crippen molar-refractivity contribution < 1.29 is 22.6 Å². The molecule has 10 nitrogen and oxygen atoms in total. The summed E-state index contributed by atoms with van der Waals surface area (Å²) in [5.74, 6) is 1.88. The van der Waals surface area contributed by atoms with E-state index in [0.29, 0.717) is 34.4 Å². The molecule has 11 heteroatoms. The Balaban J connectivity index is 1.42. The Labute approximate surface area is 191 Å². The van der Waals surface area contributed by atoms with Crippen molar-refractivity contribution >= 4 is 15.7 Å². The first-order valence-corrected chi connectivity index (χ1v) is 11.7. The van der Waals surface area contributed by atoms with E-state index >= 15 is 0 Å². The van der Waals surface area contributed by atoms with E-state index in [9.17, 15) is 8.42 Å². The van der Waals surface area contributed by atoms with Gasteiger partial charge >= 0.3 is 0 Å². The molecular weight excluding hydrogens is 446 g/mol. The number of nitrogens with one attached hydrogen (secondary N) is 1. The van der Waals surface area contributed by atoms with E-state index < -0.39 is 10.0 Å². The first kappa shape index (κ1) is 22.5. The monoisotopic (exact) mass is 469 g/mol. The maximum atomic E-state index is 12.2. The van der Waals surface area contributed by atoms with Crippen LogP contribution in [0.25, 0.3) is 17.0 Å². The van der Waals surface area contributed by atoms with Crippen LogP contribution in [-0.4, -0.2) is 55.6 Å². The molecule has 0 aliphatic heterocycles. The molecule has 0 bridgehead atoms. The Morgan fingerprint density at radius 1 is 0.939 bits per heavy atom. The average molecular weight is 470 g/mol. The highest BCUT2D eigenvalue weighted by Gasteiger charge is 2.14. The Kier molecular flexibility index (Phi) is 6.71. The number of sulfonamides is 1. The molecule has 4 rings (SSSR count). The highest BCUT2D eigenvalue weighted by Crippen LogP contribution is 2.31. The molecule has 0 amide bonds. The highest BCUT2D eigenvalue weighted by molar-refractivity contribution is 7.88. The fourth-order valence-electron chi connectivity index (χ4n) is 3.20. The van der Waals surface area contributed by atoms with Crippen LogP contribution in [0.1, 0.15) is 5.56 Å². The molecule has 0 radical (unpaired) electrons. The molecule has 0 aliphatic carbocycles. The third kappa shape index (κ3) is 5.38. The van der Waals surface area contributed by atoms with E-state index in [0.717, 1.165) is 5.56 Å². The number of ether oxygens (including phenoxy) is 3. The molecule has 2 heterocycles. The van der Waals surface area contributed by atoms with Gasteiger partial charge in [0.15, 0.2) is 23.0 Å². The largest absolute Gasteiger partial charge is 0.493 e. The van der Waals surface area contributed by atoms with Crippen LogP contribution in [0, 0.1) is 0 Å². The molecule has 0 saturated heterocycles. The van der Waals surface area contributed by atoms with E-state index in [1.54, 1.807) is 67.3 Å². The number of fused-ring (bicyclic) bond motifs is 1. The molecule has 2 aromatic carbocycles. The van der Waals surface area contributed by atoms with Crippen LogP contribution >= 0.6 is 0 Å². The summed E-state index contributed by atoms with van der Waals surface area (Å²) in [6.45, 7) is 0.222. The quantitative estimate of drug-likeness (QED) is 0.352. The van der Waals surface area contributed by atoms with Crippen LogP contribution in [0.3, 0.4) is 0 Å². The third-order valence-electron chi connectivity index (χ3n) is 4.75. The predicted molar refractivity (Wildman–Crippen MR) is 122 cm³/mol. The molecule has 0 fully saturated rings. The van der Waals surface area contributed by atoms with Crippen LogP contribution in [-0.2, 0) is 15.8 Å². The van der Waals surface area contributed by atoms with Crippen LogP contribution < -0.4 is 18.9 Å². The van der Waals surface area contributed by atoms with Gasteiger partial charge in [0.1, 0.15) is 6.61 Å². The zero-order chi connectivity index (χ0) is 23.3. The van der Waals surface area contributed by atoms with Gasteiger partial charge in [0.2, 0.25) is 15.9 Å². The molecule has 0 atom stereocenters. The maximum absolute atomic E-state index is 12.2. The van der Waals surface area contributed by atoms with Crippen molar-refractivity contribution in [3.63, 3.8) is 0 Å². The average Bonchev–Trinajstić information content (AvgIpc) is 3.25. The number of rotatable bonds is 10. The lowest BCUT2D eigenvalue weighted by atomic mass is 10.2. The fraction of sp³-hybridized carbons (Fsp3) is 0.227. The van der Waals surface area contributed by atoms with Crippen molar-refractivity contribution in [3.05, 3.63) is 66.2 Å². The van der Waals surface area contributed by atoms with Gasteiger partial charge in [-0.3, -0.25) is 0 Å². The first-order valence-electron chi connectivity index (χ1n) is 10.1. The van der Waals surface area contributed by atoms with Gasteiger partial charge in [-0.05, 0) is 29.8 Å². The minimum Gasteiger partial charge on any atom is -0.493 e. The summed E-state index contributed by atoms with van der Waals surface area (Å²) in [6, 6.07) is 17.7. The van der Waals surface area contributed by atoms with Gasteiger partial charge in [-0.2, -0.15) is 4.52 Å². The van der Waals surface area contributed by atoms with Gasteiger partial charge in [-0.25, -0.2) is 13.1 Å². The second-order valence-corrected chi connectivity index (χ2v) is 8.83. The fourth-order valence-corrected chi connectivity index (χ4v) is 4.33. The van der Waals surface area contributed by atoms with Gasteiger partial charge in [-0.1, -0.05) is 30.3 Å². The summed E-state index contributed by atoms with van der Waals surface area (Å²) >= 11 is 0. The minimum absolute atomic E-state index is 0.0898. The molecule has 0 unspecified atom stereocenters. The number of benzene rings is 2. The number of hydrogen-bond acceptors (Lipinski definition) is 8. The van der Waals surface area contributed by atoms with Crippen molar-refractivity contribution in [3.8, 4) is 28.8 Å². The normalized spacial score (nSPS) is 11.5. The third-order valence-corrected chi connectivity index (χ3v) is 6.11. The standard InChI is InChI=1S/C22H23N5O5S/c1-30-18-9-8-17(14-19(18)31-2)22-25-24-20-10-11-21(26-27(20)22)32-13-12-23-33(28,29)15-16-6-4-3-5-7-16/h3-11,14,23H,12-13,15H2,1-2H3. The van der Waals surface area contributed by atoms with E-state index in [1.807, 2.05) is 12.1 Å². The number of nitrogens with zero attached hydrogens (tertiary/aromatic N) is 4. The van der Waals surface area contributed by atoms with E-state index in [4.69, 9.17) is 14.2 Å². The SMILES string of the molecule is COc1ccc(-c2nnc3ccc(OCCNS(=O)(=O)Cc4ccccc4)nn23)cc1OC. The van der Waals surface area contributed by atoms with Gasteiger partial charge in [-0.15, -0.1) is 15.3 Å². The van der Waals surface area contributed by atoms with Gasteiger partial charge in [0.05, 0.1) is 20.0 Å². The molecule has 0 aliphatic rings. The Morgan fingerprint density at radius 3 is 2.48 bits per heavy atom. The Morgan fingerprint density at radius 2 is 1.73 bits per heavy atom. The van der Waals surface area contributed by atoms with Crippen molar-refractivity contribution in [2.45, 2.75) is 5.75 Å². The Hall–Kier alpha value is -3.70. The Bertz CT molecular complexity index is 1340. The molecule has 33 heavy (non-hydrogen) atoms. The van der Waals surface area contributed by atoms with Gasteiger partial charge < -0.3 is 14.2 Å². The smallest absolute Gasteiger partial charge is 0.231 e. The van der Waals surface area contributed by atoms with E-state index in [-0.39, 0.29) is 18.9 Å². The van der Waals surface area contributed by atoms with Crippen LogP contribution in [0.2, 0.25) is 0 Å². The van der Waals surface area contributed by atoms with Gasteiger partial charge in [0.25, 0.3) is 0 Å².